The summed E-state index contributed by atoms with van der Waals surface area (Å²) in [6.07, 6.45) is 0.804. The van der Waals surface area contributed by atoms with Gasteiger partial charge in [-0.1, -0.05) is 48.5 Å². The number of nitrogens with two attached hydrogens (primary N) is 1. The van der Waals surface area contributed by atoms with Gasteiger partial charge in [-0.25, -0.2) is 14.0 Å². The lowest BCUT2D eigenvalue weighted by molar-refractivity contribution is -0.139. The third-order valence-corrected chi connectivity index (χ3v) is 6.48. The van der Waals surface area contributed by atoms with Crippen LogP contribution >= 0.6 is 0 Å². The number of fused-ring (bicyclic) bond motifs is 4. The SMILES string of the molecule is CC(N)C(=O)O.O=C(NC(Cc1c[nH]c2ccc(F)cc12)C(=O)O)OCC1c2ccccc2-c2ccccc21. The summed E-state index contributed by atoms with van der Waals surface area (Å²) >= 11 is 0. The topological polar surface area (TPSA) is 155 Å². The van der Waals surface area contributed by atoms with E-state index in [0.29, 0.717) is 16.5 Å². The van der Waals surface area contributed by atoms with E-state index in [1.807, 2.05) is 48.5 Å². The predicted octanol–water partition coefficient (Wildman–Crippen LogP) is 4.26. The maximum absolute atomic E-state index is 13.6. The van der Waals surface area contributed by atoms with Crippen LogP contribution in [0.2, 0.25) is 0 Å². The lowest BCUT2D eigenvalue weighted by atomic mass is 9.98. The number of halogens is 1. The molecule has 1 aliphatic rings. The van der Waals surface area contributed by atoms with Gasteiger partial charge in [0.05, 0.1) is 0 Å². The van der Waals surface area contributed by atoms with E-state index < -0.39 is 35.9 Å². The van der Waals surface area contributed by atoms with E-state index in [0.717, 1.165) is 22.3 Å². The molecule has 0 radical (unpaired) electrons. The molecule has 6 N–H and O–H groups in total. The van der Waals surface area contributed by atoms with E-state index in [4.69, 9.17) is 15.6 Å². The van der Waals surface area contributed by atoms with Crippen molar-refractivity contribution in [2.75, 3.05) is 6.61 Å². The van der Waals surface area contributed by atoms with Crippen molar-refractivity contribution in [3.8, 4) is 11.1 Å². The fraction of sp³-hybridized carbons (Fsp3) is 0.207. The average molecular weight is 534 g/mol. The number of hydrogen-bond donors (Lipinski definition) is 5. The second kappa shape index (κ2) is 11.8. The van der Waals surface area contributed by atoms with Crippen LogP contribution in [0.4, 0.5) is 9.18 Å². The van der Waals surface area contributed by atoms with Crippen molar-refractivity contribution in [2.24, 2.45) is 5.73 Å². The van der Waals surface area contributed by atoms with Crippen LogP contribution in [0.5, 0.6) is 0 Å². The minimum Gasteiger partial charge on any atom is -0.480 e. The third kappa shape index (κ3) is 6.24. The normalized spacial score (nSPS) is 13.4. The van der Waals surface area contributed by atoms with Crippen LogP contribution < -0.4 is 11.1 Å². The van der Waals surface area contributed by atoms with Crippen molar-refractivity contribution in [2.45, 2.75) is 31.3 Å². The molecule has 2 atom stereocenters. The maximum Gasteiger partial charge on any atom is 0.407 e. The van der Waals surface area contributed by atoms with Crippen molar-refractivity contribution in [1.29, 1.82) is 0 Å². The van der Waals surface area contributed by atoms with Gasteiger partial charge in [-0.05, 0) is 52.9 Å². The Balaban J connectivity index is 0.000000531. The molecule has 9 nitrogen and oxygen atoms in total. The minimum atomic E-state index is -1.22. The molecule has 0 saturated carbocycles. The van der Waals surface area contributed by atoms with Gasteiger partial charge in [0, 0.05) is 29.4 Å². The van der Waals surface area contributed by atoms with Gasteiger partial charge in [0.15, 0.2) is 0 Å². The standard InChI is InChI=1S/C26H21FN2O4.C3H7NO2/c27-16-9-10-23-21(12-16)15(13-28-23)11-24(25(30)31)29-26(32)33-14-22-19-7-3-1-5-17(19)18-6-2-4-8-20(18)22;1-2(4)3(5)6/h1-10,12-13,22,24,28H,11,14H2,(H,29,32)(H,30,31);2H,4H2,1H3,(H,5,6). The largest absolute Gasteiger partial charge is 0.480 e. The molecule has 10 heteroatoms. The number of hydrogen-bond acceptors (Lipinski definition) is 5. The van der Waals surface area contributed by atoms with Gasteiger partial charge in [0.25, 0.3) is 0 Å². The van der Waals surface area contributed by atoms with Crippen LogP contribution in [0.15, 0.2) is 72.9 Å². The Hall–Kier alpha value is -4.70. The molecule has 0 fully saturated rings. The molecule has 2 unspecified atom stereocenters. The highest BCUT2D eigenvalue weighted by Gasteiger charge is 2.30. The van der Waals surface area contributed by atoms with Crippen LogP contribution in [0.1, 0.15) is 29.5 Å². The zero-order valence-corrected chi connectivity index (χ0v) is 21.1. The Labute approximate surface area is 223 Å². The molecule has 0 bridgehead atoms. The van der Waals surface area contributed by atoms with Gasteiger partial charge in [-0.2, -0.15) is 0 Å². The summed E-state index contributed by atoms with van der Waals surface area (Å²) in [5, 5.41) is 20.5. The second-order valence-corrected chi connectivity index (χ2v) is 9.20. The van der Waals surface area contributed by atoms with Crippen molar-refractivity contribution in [3.05, 3.63) is 95.4 Å². The van der Waals surface area contributed by atoms with Gasteiger partial charge in [0.2, 0.25) is 0 Å². The number of amides is 1. The van der Waals surface area contributed by atoms with Crippen molar-refractivity contribution in [1.82, 2.24) is 10.3 Å². The number of ether oxygens (including phenoxy) is 1. The molecule has 1 heterocycles. The zero-order chi connectivity index (χ0) is 28.1. The van der Waals surface area contributed by atoms with Crippen molar-refractivity contribution < 1.29 is 33.7 Å². The first-order chi connectivity index (χ1) is 18.7. The highest BCUT2D eigenvalue weighted by atomic mass is 19.1. The van der Waals surface area contributed by atoms with Crippen LogP contribution in [0.3, 0.4) is 0 Å². The number of carboxylic acids is 2. The zero-order valence-electron chi connectivity index (χ0n) is 21.1. The number of aromatic nitrogens is 1. The number of carboxylic acid groups (broad SMARTS) is 2. The van der Waals surface area contributed by atoms with Crippen LogP contribution in [0, 0.1) is 5.82 Å². The van der Waals surface area contributed by atoms with E-state index >= 15 is 0 Å². The maximum atomic E-state index is 13.6. The molecular formula is C29H28FN3O6. The first kappa shape index (κ1) is 27.3. The van der Waals surface area contributed by atoms with E-state index in [1.54, 1.807) is 12.3 Å². The highest BCUT2D eigenvalue weighted by Crippen LogP contribution is 2.44. The first-order valence-electron chi connectivity index (χ1n) is 12.2. The summed E-state index contributed by atoms with van der Waals surface area (Å²) in [7, 11) is 0. The Bertz CT molecular complexity index is 1470. The monoisotopic (exact) mass is 533 g/mol. The lowest BCUT2D eigenvalue weighted by Crippen LogP contribution is -2.42. The number of alkyl carbamates (subject to hydrolysis) is 1. The number of carbonyl (C=O) groups is 3. The third-order valence-electron chi connectivity index (χ3n) is 6.48. The van der Waals surface area contributed by atoms with Gasteiger partial charge < -0.3 is 31.0 Å². The number of carbonyl (C=O) groups excluding carboxylic acids is 1. The quantitative estimate of drug-likeness (QED) is 0.238. The van der Waals surface area contributed by atoms with Gasteiger partial charge >= 0.3 is 18.0 Å². The van der Waals surface area contributed by atoms with Crippen LogP contribution in [-0.4, -0.2) is 51.9 Å². The summed E-state index contributed by atoms with van der Waals surface area (Å²) in [5.41, 5.74) is 10.5. The average Bonchev–Trinajstić information content (AvgIpc) is 3.45. The smallest absolute Gasteiger partial charge is 0.407 e. The fourth-order valence-corrected chi connectivity index (χ4v) is 4.52. The predicted molar refractivity (Wildman–Crippen MR) is 143 cm³/mol. The molecule has 1 amide bonds. The number of rotatable bonds is 7. The molecule has 39 heavy (non-hydrogen) atoms. The number of H-pyrrole nitrogens is 1. The number of aromatic amines is 1. The van der Waals surface area contributed by atoms with E-state index in [-0.39, 0.29) is 18.9 Å². The molecule has 1 aliphatic carbocycles. The number of aliphatic carboxylic acids is 2. The molecule has 1 aromatic heterocycles. The Morgan fingerprint density at radius 2 is 1.59 bits per heavy atom. The second-order valence-electron chi connectivity index (χ2n) is 9.20. The minimum absolute atomic E-state index is 0.0109. The van der Waals surface area contributed by atoms with Crippen LogP contribution in [-0.2, 0) is 20.7 Å². The van der Waals surface area contributed by atoms with E-state index in [2.05, 4.69) is 10.3 Å². The van der Waals surface area contributed by atoms with Crippen LogP contribution in [0.25, 0.3) is 22.0 Å². The summed E-state index contributed by atoms with van der Waals surface area (Å²) < 4.78 is 19.1. The Kier molecular flexibility index (Phi) is 8.26. The summed E-state index contributed by atoms with van der Waals surface area (Å²) in [4.78, 5) is 36.9. The molecule has 0 spiro atoms. The molecular weight excluding hydrogens is 505 g/mol. The summed E-state index contributed by atoms with van der Waals surface area (Å²) in [6, 6.07) is 18.2. The van der Waals surface area contributed by atoms with E-state index in [1.165, 1.54) is 19.1 Å². The molecule has 3 aromatic carbocycles. The first-order valence-corrected chi connectivity index (χ1v) is 12.2. The summed E-state index contributed by atoms with van der Waals surface area (Å²) in [6.45, 7) is 1.51. The Morgan fingerprint density at radius 3 is 2.15 bits per heavy atom. The van der Waals surface area contributed by atoms with Gasteiger partial charge in [-0.15, -0.1) is 0 Å². The van der Waals surface area contributed by atoms with Crippen molar-refractivity contribution >= 4 is 28.9 Å². The molecule has 4 aromatic rings. The highest BCUT2D eigenvalue weighted by molar-refractivity contribution is 5.86. The number of nitrogens with one attached hydrogen (secondary N) is 2. The fourth-order valence-electron chi connectivity index (χ4n) is 4.52. The molecule has 5 rings (SSSR count). The molecule has 202 valence electrons. The summed E-state index contributed by atoms with van der Waals surface area (Å²) in [5.74, 6) is -2.70. The lowest BCUT2D eigenvalue weighted by Gasteiger charge is -2.17. The van der Waals surface area contributed by atoms with Crippen molar-refractivity contribution in [3.63, 3.8) is 0 Å². The van der Waals surface area contributed by atoms with E-state index in [9.17, 15) is 23.9 Å². The Morgan fingerprint density at radius 1 is 1.00 bits per heavy atom. The number of benzene rings is 3. The molecule has 0 saturated heterocycles. The molecule has 0 aliphatic heterocycles. The van der Waals surface area contributed by atoms with Gasteiger partial charge in [-0.3, -0.25) is 4.79 Å². The van der Waals surface area contributed by atoms with Gasteiger partial charge in [0.1, 0.15) is 24.5 Å².